The average Bonchev–Trinajstić information content (AvgIpc) is 3.02. The molecule has 3 heteroatoms. The topological polar surface area (TPSA) is 15.3 Å². The van der Waals surface area contributed by atoms with E-state index in [0.29, 0.717) is 5.41 Å². The largest absolute Gasteiger partial charge is 0.316 e. The second-order valence-electron chi connectivity index (χ2n) is 6.14. The van der Waals surface area contributed by atoms with Gasteiger partial charge in [-0.3, -0.25) is 0 Å². The minimum Gasteiger partial charge on any atom is -0.316 e. The normalized spacial score (nSPS) is 18.3. The van der Waals surface area contributed by atoms with Crippen LogP contribution in [0.1, 0.15) is 43.9 Å². The van der Waals surface area contributed by atoms with Gasteiger partial charge in [0, 0.05) is 24.5 Å². The third-order valence-corrected chi connectivity index (χ3v) is 5.06. The van der Waals surface area contributed by atoms with Crippen LogP contribution in [0.25, 0.3) is 0 Å². The van der Waals surface area contributed by atoms with Crippen LogP contribution in [0, 0.1) is 5.41 Å². The Balaban J connectivity index is 1.85. The van der Waals surface area contributed by atoms with Gasteiger partial charge in [-0.05, 0) is 49.7 Å². The lowest BCUT2D eigenvalue weighted by atomic mass is 9.85. The molecule has 1 aliphatic rings. The van der Waals surface area contributed by atoms with Crippen LogP contribution in [0.15, 0.2) is 17.5 Å². The van der Waals surface area contributed by atoms with Crippen LogP contribution in [0.5, 0.6) is 0 Å². The molecule has 1 heterocycles. The summed E-state index contributed by atoms with van der Waals surface area (Å²) in [6, 6.07) is 4.40. The van der Waals surface area contributed by atoms with E-state index in [4.69, 9.17) is 0 Å². The highest BCUT2D eigenvalue weighted by Crippen LogP contribution is 2.38. The molecule has 0 spiro atoms. The van der Waals surface area contributed by atoms with Gasteiger partial charge in [0.25, 0.3) is 0 Å². The van der Waals surface area contributed by atoms with Gasteiger partial charge < -0.3 is 10.2 Å². The Morgan fingerprint density at radius 1 is 1.37 bits per heavy atom. The Morgan fingerprint density at radius 3 is 2.79 bits per heavy atom. The number of hydrogen-bond acceptors (Lipinski definition) is 3. The minimum absolute atomic E-state index is 0.529. The SMILES string of the molecule is CCCNCC1(CN(C)Cc2cccs2)CCCC1. The Hall–Kier alpha value is -0.380. The lowest BCUT2D eigenvalue weighted by molar-refractivity contribution is 0.169. The molecule has 1 aromatic rings. The van der Waals surface area contributed by atoms with E-state index in [9.17, 15) is 0 Å². The monoisotopic (exact) mass is 280 g/mol. The summed E-state index contributed by atoms with van der Waals surface area (Å²) in [6.45, 7) is 6.96. The van der Waals surface area contributed by atoms with E-state index in [1.54, 1.807) is 0 Å². The van der Waals surface area contributed by atoms with Gasteiger partial charge in [-0.1, -0.05) is 25.8 Å². The first-order chi connectivity index (χ1) is 9.24. The summed E-state index contributed by atoms with van der Waals surface area (Å²) in [5.41, 5.74) is 0.529. The highest BCUT2D eigenvalue weighted by atomic mass is 32.1. The van der Waals surface area contributed by atoms with Gasteiger partial charge in [0.1, 0.15) is 0 Å². The van der Waals surface area contributed by atoms with Crippen LogP contribution in [0.3, 0.4) is 0 Å². The van der Waals surface area contributed by atoms with Crippen LogP contribution < -0.4 is 5.32 Å². The van der Waals surface area contributed by atoms with Gasteiger partial charge >= 0.3 is 0 Å². The van der Waals surface area contributed by atoms with Crippen LogP contribution in [0.2, 0.25) is 0 Å². The molecule has 0 unspecified atom stereocenters. The summed E-state index contributed by atoms with van der Waals surface area (Å²) in [5.74, 6) is 0. The Labute approximate surface area is 122 Å². The third kappa shape index (κ3) is 4.59. The van der Waals surface area contributed by atoms with Crippen molar-refractivity contribution in [1.82, 2.24) is 10.2 Å². The first-order valence-electron chi connectivity index (χ1n) is 7.66. The molecule has 1 fully saturated rings. The standard InChI is InChI=1S/C16H28N2S/c1-3-10-17-13-16(8-4-5-9-16)14-18(2)12-15-7-6-11-19-15/h6-7,11,17H,3-5,8-10,12-14H2,1-2H3. The van der Waals surface area contributed by atoms with E-state index < -0.39 is 0 Å². The fourth-order valence-corrected chi connectivity index (χ4v) is 4.13. The molecule has 19 heavy (non-hydrogen) atoms. The Kier molecular flexibility index (Phi) is 5.86. The number of nitrogens with one attached hydrogen (secondary N) is 1. The van der Waals surface area contributed by atoms with Gasteiger partial charge in [-0.2, -0.15) is 0 Å². The smallest absolute Gasteiger partial charge is 0.0325 e. The molecule has 108 valence electrons. The van der Waals surface area contributed by atoms with Crippen molar-refractivity contribution < 1.29 is 0 Å². The fraction of sp³-hybridized carbons (Fsp3) is 0.750. The molecule has 2 nitrogen and oxygen atoms in total. The van der Waals surface area contributed by atoms with E-state index in [0.717, 1.165) is 13.1 Å². The van der Waals surface area contributed by atoms with Crippen LogP contribution in [-0.2, 0) is 6.54 Å². The fourth-order valence-electron chi connectivity index (χ4n) is 3.34. The molecule has 1 aliphatic carbocycles. The Bertz CT molecular complexity index is 342. The maximum Gasteiger partial charge on any atom is 0.0325 e. The van der Waals surface area contributed by atoms with E-state index >= 15 is 0 Å². The van der Waals surface area contributed by atoms with Crippen molar-refractivity contribution >= 4 is 11.3 Å². The maximum absolute atomic E-state index is 3.66. The summed E-state index contributed by atoms with van der Waals surface area (Å²) in [5, 5.41) is 5.84. The molecular formula is C16H28N2S. The molecule has 1 aromatic heterocycles. The molecule has 0 aromatic carbocycles. The number of nitrogens with zero attached hydrogens (tertiary/aromatic N) is 1. The summed E-state index contributed by atoms with van der Waals surface area (Å²) in [7, 11) is 2.28. The van der Waals surface area contributed by atoms with E-state index in [-0.39, 0.29) is 0 Å². The Morgan fingerprint density at radius 2 is 2.16 bits per heavy atom. The van der Waals surface area contributed by atoms with Crippen LogP contribution in [-0.4, -0.2) is 31.6 Å². The lowest BCUT2D eigenvalue weighted by Crippen LogP contribution is -2.41. The van der Waals surface area contributed by atoms with Crippen molar-refractivity contribution in [3.8, 4) is 0 Å². The zero-order valence-electron chi connectivity index (χ0n) is 12.5. The third-order valence-electron chi connectivity index (χ3n) is 4.20. The predicted octanol–water partition coefficient (Wildman–Crippen LogP) is 3.74. The predicted molar refractivity (Wildman–Crippen MR) is 84.7 cm³/mol. The minimum atomic E-state index is 0.529. The molecule has 0 amide bonds. The number of hydrogen-bond donors (Lipinski definition) is 1. The number of thiophene rings is 1. The lowest BCUT2D eigenvalue weighted by Gasteiger charge is -2.34. The zero-order valence-corrected chi connectivity index (χ0v) is 13.3. The summed E-state index contributed by atoms with van der Waals surface area (Å²) < 4.78 is 0. The molecule has 1 N–H and O–H groups in total. The molecule has 0 radical (unpaired) electrons. The summed E-state index contributed by atoms with van der Waals surface area (Å²) in [4.78, 5) is 4.00. The molecule has 0 aliphatic heterocycles. The van der Waals surface area contributed by atoms with Crippen LogP contribution >= 0.6 is 11.3 Å². The van der Waals surface area contributed by atoms with Gasteiger partial charge in [0.2, 0.25) is 0 Å². The molecule has 1 saturated carbocycles. The highest BCUT2D eigenvalue weighted by molar-refractivity contribution is 7.09. The first kappa shape index (κ1) is 15.0. The van der Waals surface area contributed by atoms with Gasteiger partial charge in [0.15, 0.2) is 0 Å². The van der Waals surface area contributed by atoms with Crippen molar-refractivity contribution in [2.45, 2.75) is 45.6 Å². The molecular weight excluding hydrogens is 252 g/mol. The van der Waals surface area contributed by atoms with Crippen molar-refractivity contribution in [2.75, 3.05) is 26.7 Å². The van der Waals surface area contributed by atoms with E-state index in [2.05, 4.69) is 41.7 Å². The van der Waals surface area contributed by atoms with Crippen LogP contribution in [0.4, 0.5) is 0 Å². The zero-order chi connectivity index (χ0) is 13.6. The highest BCUT2D eigenvalue weighted by Gasteiger charge is 2.34. The van der Waals surface area contributed by atoms with Gasteiger partial charge in [-0.25, -0.2) is 0 Å². The van der Waals surface area contributed by atoms with Crippen molar-refractivity contribution in [3.05, 3.63) is 22.4 Å². The molecule has 0 bridgehead atoms. The quantitative estimate of drug-likeness (QED) is 0.730. The maximum atomic E-state index is 3.66. The van der Waals surface area contributed by atoms with E-state index in [1.165, 1.54) is 50.1 Å². The summed E-state index contributed by atoms with van der Waals surface area (Å²) >= 11 is 1.87. The second kappa shape index (κ2) is 7.41. The summed E-state index contributed by atoms with van der Waals surface area (Å²) in [6.07, 6.45) is 6.87. The van der Waals surface area contributed by atoms with Gasteiger partial charge in [-0.15, -0.1) is 11.3 Å². The van der Waals surface area contributed by atoms with Crippen molar-refractivity contribution in [1.29, 1.82) is 0 Å². The van der Waals surface area contributed by atoms with Crippen molar-refractivity contribution in [2.24, 2.45) is 5.41 Å². The number of rotatable bonds is 8. The average molecular weight is 280 g/mol. The molecule has 2 rings (SSSR count). The van der Waals surface area contributed by atoms with Crippen molar-refractivity contribution in [3.63, 3.8) is 0 Å². The first-order valence-corrected chi connectivity index (χ1v) is 8.54. The van der Waals surface area contributed by atoms with Gasteiger partial charge in [0.05, 0.1) is 0 Å². The van der Waals surface area contributed by atoms with E-state index in [1.807, 2.05) is 11.3 Å². The second-order valence-corrected chi connectivity index (χ2v) is 7.17. The molecule has 0 saturated heterocycles. The molecule has 0 atom stereocenters.